The molecule has 0 aliphatic rings. The third kappa shape index (κ3) is 3.26. The highest BCUT2D eigenvalue weighted by atomic mass is 79.9. The summed E-state index contributed by atoms with van der Waals surface area (Å²) in [7, 11) is 0. The molecule has 21 heavy (non-hydrogen) atoms. The smallest absolute Gasteiger partial charge is 0.272 e. The Kier molecular flexibility index (Phi) is 4.67. The molecule has 1 unspecified atom stereocenters. The van der Waals surface area contributed by atoms with Crippen LogP contribution in [0.5, 0.6) is 0 Å². The molecule has 0 saturated carbocycles. The van der Waals surface area contributed by atoms with E-state index in [0.29, 0.717) is 23.6 Å². The highest BCUT2D eigenvalue weighted by Gasteiger charge is 2.20. The standard InChI is InChI=1S/C15H19BrN4O/c1-4-20-14(13(17)10(3)19-20)15(21)18-9(2)11-6-5-7-12(16)8-11/h5-9H,4,17H2,1-3H3,(H,18,21). The number of hydrogen-bond donors (Lipinski definition) is 2. The average Bonchev–Trinajstić information content (AvgIpc) is 2.74. The van der Waals surface area contributed by atoms with E-state index < -0.39 is 0 Å². The maximum atomic E-state index is 12.5. The summed E-state index contributed by atoms with van der Waals surface area (Å²) >= 11 is 3.43. The number of aromatic nitrogens is 2. The molecule has 0 aliphatic carbocycles. The molecule has 1 atom stereocenters. The second-order valence-corrected chi connectivity index (χ2v) is 5.83. The quantitative estimate of drug-likeness (QED) is 0.889. The van der Waals surface area contributed by atoms with Gasteiger partial charge in [0, 0.05) is 11.0 Å². The minimum Gasteiger partial charge on any atom is -0.395 e. The fourth-order valence-corrected chi connectivity index (χ4v) is 2.60. The molecule has 0 fully saturated rings. The summed E-state index contributed by atoms with van der Waals surface area (Å²) < 4.78 is 2.61. The van der Waals surface area contributed by atoms with Gasteiger partial charge in [0.2, 0.25) is 0 Å². The van der Waals surface area contributed by atoms with Crippen LogP contribution < -0.4 is 11.1 Å². The number of hydrogen-bond acceptors (Lipinski definition) is 3. The predicted octanol–water partition coefficient (Wildman–Crippen LogP) is 3.05. The number of halogens is 1. The van der Waals surface area contributed by atoms with Crippen LogP contribution in [0.3, 0.4) is 0 Å². The molecule has 5 nitrogen and oxygen atoms in total. The third-order valence-corrected chi connectivity index (χ3v) is 3.88. The summed E-state index contributed by atoms with van der Waals surface area (Å²) in [5.41, 5.74) is 8.54. The summed E-state index contributed by atoms with van der Waals surface area (Å²) in [5, 5.41) is 7.24. The van der Waals surface area contributed by atoms with Crippen molar-refractivity contribution in [2.45, 2.75) is 33.4 Å². The Balaban J connectivity index is 2.22. The minimum absolute atomic E-state index is 0.116. The summed E-state index contributed by atoms with van der Waals surface area (Å²) in [5.74, 6) is -0.206. The van der Waals surface area contributed by atoms with Crippen LogP contribution in [-0.4, -0.2) is 15.7 Å². The number of nitrogen functional groups attached to an aromatic ring is 1. The van der Waals surface area contributed by atoms with Crippen molar-refractivity contribution in [2.24, 2.45) is 0 Å². The lowest BCUT2D eigenvalue weighted by Gasteiger charge is -2.15. The van der Waals surface area contributed by atoms with Crippen LogP contribution >= 0.6 is 15.9 Å². The Morgan fingerprint density at radius 3 is 2.86 bits per heavy atom. The topological polar surface area (TPSA) is 72.9 Å². The lowest BCUT2D eigenvalue weighted by Crippen LogP contribution is -2.29. The van der Waals surface area contributed by atoms with Gasteiger partial charge in [0.15, 0.2) is 0 Å². The second kappa shape index (κ2) is 6.30. The van der Waals surface area contributed by atoms with Gasteiger partial charge >= 0.3 is 0 Å². The Labute approximate surface area is 132 Å². The molecule has 6 heteroatoms. The zero-order valence-corrected chi connectivity index (χ0v) is 13.9. The van der Waals surface area contributed by atoms with Crippen molar-refractivity contribution in [1.82, 2.24) is 15.1 Å². The van der Waals surface area contributed by atoms with Gasteiger partial charge in [0.1, 0.15) is 5.69 Å². The van der Waals surface area contributed by atoms with Crippen molar-refractivity contribution in [3.05, 3.63) is 45.7 Å². The largest absolute Gasteiger partial charge is 0.395 e. The van der Waals surface area contributed by atoms with Crippen molar-refractivity contribution in [1.29, 1.82) is 0 Å². The zero-order chi connectivity index (χ0) is 15.6. The number of anilines is 1. The van der Waals surface area contributed by atoms with Gasteiger partial charge in [-0.1, -0.05) is 28.1 Å². The van der Waals surface area contributed by atoms with Gasteiger partial charge < -0.3 is 11.1 Å². The van der Waals surface area contributed by atoms with E-state index in [-0.39, 0.29) is 11.9 Å². The Hall–Kier alpha value is -1.82. The van der Waals surface area contributed by atoms with Crippen LogP contribution in [0.15, 0.2) is 28.7 Å². The van der Waals surface area contributed by atoms with E-state index in [2.05, 4.69) is 26.3 Å². The van der Waals surface area contributed by atoms with Gasteiger partial charge in [-0.25, -0.2) is 0 Å². The molecule has 1 aromatic heterocycles. The first-order valence-corrected chi connectivity index (χ1v) is 7.62. The minimum atomic E-state index is -0.206. The van der Waals surface area contributed by atoms with Crippen LogP contribution in [0.4, 0.5) is 5.69 Å². The van der Waals surface area contributed by atoms with E-state index in [0.717, 1.165) is 10.0 Å². The number of aryl methyl sites for hydroxylation is 2. The average molecular weight is 351 g/mol. The maximum absolute atomic E-state index is 12.5. The van der Waals surface area contributed by atoms with Crippen molar-refractivity contribution in [2.75, 3.05) is 5.73 Å². The van der Waals surface area contributed by atoms with E-state index in [1.165, 1.54) is 0 Å². The van der Waals surface area contributed by atoms with Gasteiger partial charge in [-0.05, 0) is 38.5 Å². The highest BCUT2D eigenvalue weighted by Crippen LogP contribution is 2.20. The van der Waals surface area contributed by atoms with Crippen LogP contribution in [0.2, 0.25) is 0 Å². The Bertz CT molecular complexity index is 666. The van der Waals surface area contributed by atoms with Gasteiger partial charge in [-0.15, -0.1) is 0 Å². The number of rotatable bonds is 4. The molecule has 112 valence electrons. The van der Waals surface area contributed by atoms with Gasteiger partial charge in [-0.3, -0.25) is 9.48 Å². The lowest BCUT2D eigenvalue weighted by atomic mass is 10.1. The normalized spacial score (nSPS) is 12.2. The van der Waals surface area contributed by atoms with E-state index in [9.17, 15) is 4.79 Å². The maximum Gasteiger partial charge on any atom is 0.272 e. The number of carbonyl (C=O) groups is 1. The van der Waals surface area contributed by atoms with Crippen LogP contribution in [0.1, 0.15) is 41.6 Å². The first-order valence-electron chi connectivity index (χ1n) is 6.83. The molecule has 2 rings (SSSR count). The number of benzene rings is 1. The SMILES string of the molecule is CCn1nc(C)c(N)c1C(=O)NC(C)c1cccc(Br)c1. The molecule has 0 aliphatic heterocycles. The van der Waals surface area contributed by atoms with Gasteiger partial charge in [0.25, 0.3) is 5.91 Å². The number of nitrogens with two attached hydrogens (primary N) is 1. The molecule has 0 spiro atoms. The van der Waals surface area contributed by atoms with Crippen LogP contribution in [-0.2, 0) is 6.54 Å². The molecule has 3 N–H and O–H groups in total. The van der Waals surface area contributed by atoms with Crippen molar-refractivity contribution >= 4 is 27.5 Å². The van der Waals surface area contributed by atoms with Crippen molar-refractivity contribution in [3.63, 3.8) is 0 Å². The molecule has 2 aromatic rings. The molecule has 0 saturated heterocycles. The van der Waals surface area contributed by atoms with Crippen LogP contribution in [0, 0.1) is 6.92 Å². The van der Waals surface area contributed by atoms with E-state index in [1.807, 2.05) is 38.1 Å². The number of amides is 1. The van der Waals surface area contributed by atoms with E-state index >= 15 is 0 Å². The van der Waals surface area contributed by atoms with Crippen molar-refractivity contribution < 1.29 is 4.79 Å². The molecular weight excluding hydrogens is 332 g/mol. The van der Waals surface area contributed by atoms with E-state index in [1.54, 1.807) is 11.6 Å². The second-order valence-electron chi connectivity index (χ2n) is 4.91. The highest BCUT2D eigenvalue weighted by molar-refractivity contribution is 9.10. The third-order valence-electron chi connectivity index (χ3n) is 3.38. The molecular formula is C15H19BrN4O. The monoisotopic (exact) mass is 350 g/mol. The number of nitrogens with zero attached hydrogens (tertiary/aromatic N) is 2. The van der Waals surface area contributed by atoms with Crippen LogP contribution in [0.25, 0.3) is 0 Å². The molecule has 1 heterocycles. The first kappa shape index (κ1) is 15.6. The fourth-order valence-electron chi connectivity index (χ4n) is 2.19. The summed E-state index contributed by atoms with van der Waals surface area (Å²) in [6.45, 7) is 6.28. The molecule has 1 amide bonds. The molecule has 1 aromatic carbocycles. The fraction of sp³-hybridized carbons (Fsp3) is 0.333. The lowest BCUT2D eigenvalue weighted by molar-refractivity contribution is 0.0930. The van der Waals surface area contributed by atoms with E-state index in [4.69, 9.17) is 5.73 Å². The summed E-state index contributed by atoms with van der Waals surface area (Å²) in [4.78, 5) is 12.5. The summed E-state index contributed by atoms with van der Waals surface area (Å²) in [6, 6.07) is 7.73. The molecule has 0 bridgehead atoms. The number of nitrogens with one attached hydrogen (secondary N) is 1. The van der Waals surface area contributed by atoms with Gasteiger partial charge in [-0.2, -0.15) is 5.10 Å². The Morgan fingerprint density at radius 1 is 1.52 bits per heavy atom. The predicted molar refractivity (Wildman–Crippen MR) is 87.1 cm³/mol. The summed E-state index contributed by atoms with van der Waals surface area (Å²) in [6.07, 6.45) is 0. The first-order chi connectivity index (χ1) is 9.93. The Morgan fingerprint density at radius 2 is 2.24 bits per heavy atom. The number of carbonyl (C=O) groups excluding carboxylic acids is 1. The zero-order valence-electron chi connectivity index (χ0n) is 12.4. The van der Waals surface area contributed by atoms with Crippen molar-refractivity contribution in [3.8, 4) is 0 Å². The molecule has 0 radical (unpaired) electrons. The van der Waals surface area contributed by atoms with Gasteiger partial charge in [0.05, 0.1) is 17.4 Å².